The number of amides is 2. The minimum absolute atomic E-state index is 0.0454. The van der Waals surface area contributed by atoms with E-state index in [9.17, 15) is 9.59 Å². The normalized spacial score (nSPS) is 14.9. The number of thioether (sulfide) groups is 1. The molecule has 0 atom stereocenters. The van der Waals surface area contributed by atoms with Gasteiger partial charge in [-0.15, -0.1) is 11.8 Å². The van der Waals surface area contributed by atoms with Crippen molar-refractivity contribution in [2.24, 2.45) is 0 Å². The number of carbonyl (C=O) groups excluding carboxylic acids is 2. The van der Waals surface area contributed by atoms with Crippen molar-refractivity contribution in [1.82, 2.24) is 10.6 Å². The van der Waals surface area contributed by atoms with Crippen LogP contribution in [0.4, 0.5) is 0 Å². The average molecular weight is 441 g/mol. The van der Waals surface area contributed by atoms with E-state index in [-0.39, 0.29) is 17.9 Å². The van der Waals surface area contributed by atoms with Crippen LogP contribution in [0.2, 0.25) is 0 Å². The Hall–Kier alpha value is -2.47. The molecule has 31 heavy (non-hydrogen) atoms. The van der Waals surface area contributed by atoms with E-state index in [2.05, 4.69) is 10.6 Å². The fourth-order valence-corrected chi connectivity index (χ4v) is 4.68. The van der Waals surface area contributed by atoms with Crippen LogP contribution in [0.15, 0.2) is 53.4 Å². The van der Waals surface area contributed by atoms with E-state index in [1.807, 2.05) is 42.5 Å². The molecule has 0 unspecified atom stereocenters. The second kappa shape index (κ2) is 12.4. The molecule has 2 N–H and O–H groups in total. The molecule has 0 aliphatic heterocycles. The number of hydrogen-bond acceptors (Lipinski definition) is 4. The highest BCUT2D eigenvalue weighted by molar-refractivity contribution is 8.00. The van der Waals surface area contributed by atoms with Crippen molar-refractivity contribution in [3.05, 3.63) is 59.7 Å². The third-order valence-electron chi connectivity index (χ3n) is 5.57. The van der Waals surface area contributed by atoms with Crippen molar-refractivity contribution < 1.29 is 14.3 Å². The number of methoxy groups -OCH3 is 1. The molecule has 2 amide bonds. The van der Waals surface area contributed by atoms with Crippen LogP contribution in [0.3, 0.4) is 0 Å². The molecule has 2 aromatic carbocycles. The van der Waals surface area contributed by atoms with Gasteiger partial charge < -0.3 is 15.4 Å². The Kier molecular flexibility index (Phi) is 9.28. The summed E-state index contributed by atoms with van der Waals surface area (Å²) in [4.78, 5) is 26.1. The van der Waals surface area contributed by atoms with Gasteiger partial charge in [-0.25, -0.2) is 0 Å². The van der Waals surface area contributed by atoms with E-state index in [4.69, 9.17) is 4.74 Å². The van der Waals surface area contributed by atoms with E-state index in [0.29, 0.717) is 17.9 Å². The first kappa shape index (κ1) is 23.2. The molecule has 0 bridgehead atoms. The Morgan fingerprint density at radius 1 is 0.968 bits per heavy atom. The highest BCUT2D eigenvalue weighted by atomic mass is 32.2. The van der Waals surface area contributed by atoms with E-state index in [1.54, 1.807) is 13.2 Å². The number of benzene rings is 2. The molecule has 1 fully saturated rings. The van der Waals surface area contributed by atoms with Crippen LogP contribution in [-0.4, -0.2) is 30.7 Å². The van der Waals surface area contributed by atoms with Gasteiger partial charge in [-0.05, 0) is 42.7 Å². The molecule has 6 heteroatoms. The maximum Gasteiger partial charge on any atom is 0.252 e. The van der Waals surface area contributed by atoms with Crippen molar-refractivity contribution in [2.75, 3.05) is 12.9 Å². The van der Waals surface area contributed by atoms with Gasteiger partial charge in [-0.3, -0.25) is 9.59 Å². The van der Waals surface area contributed by atoms with Crippen molar-refractivity contribution in [2.45, 2.75) is 62.4 Å². The smallest absolute Gasteiger partial charge is 0.252 e. The summed E-state index contributed by atoms with van der Waals surface area (Å²) in [5, 5.41) is 6.16. The van der Waals surface area contributed by atoms with E-state index >= 15 is 0 Å². The maximum atomic E-state index is 12.7. The molecule has 2 aromatic rings. The number of nitrogens with one attached hydrogen (secondary N) is 2. The van der Waals surface area contributed by atoms with E-state index in [1.165, 1.54) is 43.9 Å². The minimum atomic E-state index is -0.139. The summed E-state index contributed by atoms with van der Waals surface area (Å²) in [7, 11) is 1.63. The van der Waals surface area contributed by atoms with Crippen molar-refractivity contribution in [3.8, 4) is 5.75 Å². The zero-order chi connectivity index (χ0) is 21.9. The van der Waals surface area contributed by atoms with Crippen LogP contribution >= 0.6 is 11.8 Å². The van der Waals surface area contributed by atoms with Gasteiger partial charge in [0.1, 0.15) is 5.75 Å². The average Bonchev–Trinajstić information content (AvgIpc) is 2.78. The van der Waals surface area contributed by atoms with Crippen LogP contribution < -0.4 is 15.4 Å². The molecule has 0 heterocycles. The zero-order valence-corrected chi connectivity index (χ0v) is 19.0. The highest BCUT2D eigenvalue weighted by Crippen LogP contribution is 2.23. The van der Waals surface area contributed by atoms with Crippen LogP contribution in [0, 0.1) is 0 Å². The zero-order valence-electron chi connectivity index (χ0n) is 18.2. The standard InChI is InChI=1S/C25H32N2O3S/c1-30-21-15-13-19(14-16-21)17-26-25(29)22-11-7-8-12-23(22)31-18-24(28)27-20-9-5-3-2-4-6-10-20/h7-8,11-16,20H,2-6,9-10,17-18H2,1H3,(H,26,29)(H,27,28). The largest absolute Gasteiger partial charge is 0.497 e. The summed E-state index contributed by atoms with van der Waals surface area (Å²) in [6, 6.07) is 15.3. The topological polar surface area (TPSA) is 67.4 Å². The van der Waals surface area contributed by atoms with Gasteiger partial charge in [0.25, 0.3) is 5.91 Å². The minimum Gasteiger partial charge on any atom is -0.497 e. The molecule has 0 radical (unpaired) electrons. The number of ether oxygens (including phenoxy) is 1. The second-order valence-electron chi connectivity index (χ2n) is 7.93. The SMILES string of the molecule is COc1ccc(CNC(=O)c2ccccc2SCC(=O)NC2CCCCCCC2)cc1. The monoisotopic (exact) mass is 440 g/mol. The van der Waals surface area contributed by atoms with Crippen LogP contribution in [0.25, 0.3) is 0 Å². The van der Waals surface area contributed by atoms with Gasteiger partial charge in [0.15, 0.2) is 0 Å². The summed E-state index contributed by atoms with van der Waals surface area (Å²) in [5.74, 6) is 1.01. The first-order valence-electron chi connectivity index (χ1n) is 11.1. The molecule has 0 aromatic heterocycles. The van der Waals surface area contributed by atoms with Crippen LogP contribution in [-0.2, 0) is 11.3 Å². The van der Waals surface area contributed by atoms with Gasteiger partial charge in [-0.2, -0.15) is 0 Å². The third kappa shape index (κ3) is 7.62. The quantitative estimate of drug-likeness (QED) is 0.570. The molecule has 3 rings (SSSR count). The Balaban J connectivity index is 1.51. The maximum absolute atomic E-state index is 12.7. The summed E-state index contributed by atoms with van der Waals surface area (Å²) in [6.07, 6.45) is 8.36. The summed E-state index contributed by atoms with van der Waals surface area (Å²) in [6.45, 7) is 0.435. The fraction of sp³-hybridized carbons (Fsp3) is 0.440. The lowest BCUT2D eigenvalue weighted by Crippen LogP contribution is -2.36. The molecule has 0 saturated heterocycles. The first-order valence-corrected chi connectivity index (χ1v) is 12.1. The van der Waals surface area contributed by atoms with Gasteiger partial charge >= 0.3 is 0 Å². The summed E-state index contributed by atoms with van der Waals surface area (Å²) < 4.78 is 5.16. The molecule has 0 spiro atoms. The van der Waals surface area contributed by atoms with Crippen molar-refractivity contribution in [3.63, 3.8) is 0 Å². The number of rotatable bonds is 8. The molecule has 1 aliphatic carbocycles. The lowest BCUT2D eigenvalue weighted by atomic mass is 9.97. The van der Waals surface area contributed by atoms with E-state index in [0.717, 1.165) is 29.1 Å². The van der Waals surface area contributed by atoms with Gasteiger partial charge in [-0.1, -0.05) is 56.4 Å². The van der Waals surface area contributed by atoms with Gasteiger partial charge in [0.05, 0.1) is 18.4 Å². The molecule has 1 aliphatic rings. The van der Waals surface area contributed by atoms with Crippen LogP contribution in [0.1, 0.15) is 60.9 Å². The molecular weight excluding hydrogens is 408 g/mol. The first-order chi connectivity index (χ1) is 15.2. The van der Waals surface area contributed by atoms with Crippen LogP contribution in [0.5, 0.6) is 5.75 Å². The van der Waals surface area contributed by atoms with Gasteiger partial charge in [0.2, 0.25) is 5.91 Å². The summed E-state index contributed by atoms with van der Waals surface area (Å²) >= 11 is 1.42. The summed E-state index contributed by atoms with van der Waals surface area (Å²) in [5.41, 5.74) is 1.60. The lowest BCUT2D eigenvalue weighted by molar-refractivity contribution is -0.119. The number of hydrogen-bond donors (Lipinski definition) is 2. The molecule has 1 saturated carbocycles. The Bertz CT molecular complexity index is 846. The Morgan fingerprint density at radius 2 is 1.65 bits per heavy atom. The Labute approximate surface area is 189 Å². The van der Waals surface area contributed by atoms with E-state index < -0.39 is 0 Å². The van der Waals surface area contributed by atoms with Crippen molar-refractivity contribution >= 4 is 23.6 Å². The van der Waals surface area contributed by atoms with Gasteiger partial charge in [0, 0.05) is 17.5 Å². The fourth-order valence-electron chi connectivity index (χ4n) is 3.81. The highest BCUT2D eigenvalue weighted by Gasteiger charge is 2.16. The number of carbonyl (C=O) groups is 2. The predicted octanol–water partition coefficient (Wildman–Crippen LogP) is 4.95. The predicted molar refractivity (Wildman–Crippen MR) is 126 cm³/mol. The molecule has 166 valence electrons. The molecular formula is C25H32N2O3S. The Morgan fingerprint density at radius 3 is 2.35 bits per heavy atom. The molecule has 5 nitrogen and oxygen atoms in total. The lowest BCUT2D eigenvalue weighted by Gasteiger charge is -2.21. The second-order valence-corrected chi connectivity index (χ2v) is 8.94. The van der Waals surface area contributed by atoms with Crippen molar-refractivity contribution in [1.29, 1.82) is 0 Å². The third-order valence-corrected chi connectivity index (χ3v) is 6.65.